The summed E-state index contributed by atoms with van der Waals surface area (Å²) in [5.41, 5.74) is 1.45. The Kier molecular flexibility index (Phi) is 7.60. The van der Waals surface area contributed by atoms with Crippen LogP contribution in [0.5, 0.6) is 5.88 Å². The van der Waals surface area contributed by atoms with E-state index < -0.39 is 0 Å². The number of aryl methyl sites for hydroxylation is 2. The number of fused-ring (bicyclic) bond motifs is 3. The van der Waals surface area contributed by atoms with Crippen LogP contribution in [0.2, 0.25) is 0 Å². The largest absolute Gasteiger partial charge is 0.474 e. The van der Waals surface area contributed by atoms with Gasteiger partial charge in [-0.05, 0) is 44.6 Å². The van der Waals surface area contributed by atoms with E-state index in [1.807, 2.05) is 17.4 Å². The molecule has 25 heavy (non-hydrogen) atoms. The molecule has 136 valence electrons. The maximum Gasteiger partial charge on any atom is 0.225 e. The molecule has 0 bridgehead atoms. The van der Waals surface area contributed by atoms with Crippen LogP contribution < -0.4 is 4.74 Å². The topological polar surface area (TPSA) is 68.0 Å². The molecule has 3 rings (SSSR count). The average molecular weight is 362 g/mol. The van der Waals surface area contributed by atoms with Gasteiger partial charge in [0.05, 0.1) is 11.5 Å². The summed E-state index contributed by atoms with van der Waals surface area (Å²) < 4.78 is 10.7. The van der Waals surface area contributed by atoms with Crippen molar-refractivity contribution >= 4 is 21.6 Å². The fraction of sp³-hybridized carbons (Fsp3) is 0.632. The van der Waals surface area contributed by atoms with E-state index in [4.69, 9.17) is 10.00 Å². The first-order chi connectivity index (χ1) is 12.1. The summed E-state index contributed by atoms with van der Waals surface area (Å²) in [4.78, 5) is 11.4. The van der Waals surface area contributed by atoms with Crippen LogP contribution in [0.4, 0.5) is 0 Å². The minimum atomic E-state index is -0.259. The van der Waals surface area contributed by atoms with Crippen molar-refractivity contribution in [2.24, 2.45) is 0 Å². The molecule has 6 heteroatoms. The molecule has 0 saturated heterocycles. The van der Waals surface area contributed by atoms with Gasteiger partial charge in [0.25, 0.3) is 0 Å². The number of ether oxygens (including phenoxy) is 2. The van der Waals surface area contributed by atoms with Crippen LogP contribution >= 0.6 is 11.3 Å². The second-order valence-electron chi connectivity index (χ2n) is 6.16. The van der Waals surface area contributed by atoms with Crippen LogP contribution in [0, 0.1) is 11.3 Å². The fourth-order valence-corrected chi connectivity index (χ4v) is 4.09. The molecule has 1 aliphatic carbocycles. The van der Waals surface area contributed by atoms with E-state index in [0.29, 0.717) is 0 Å². The number of nitriles is 1. The Morgan fingerprint density at radius 3 is 2.72 bits per heavy atom. The molecule has 2 aromatic rings. The first kappa shape index (κ1) is 19.6. The van der Waals surface area contributed by atoms with E-state index in [1.165, 1.54) is 35.8 Å². The van der Waals surface area contributed by atoms with Gasteiger partial charge in [0, 0.05) is 12.0 Å². The normalized spacial score (nSPS) is 15.0. The van der Waals surface area contributed by atoms with E-state index in [2.05, 4.69) is 28.6 Å². The van der Waals surface area contributed by atoms with Gasteiger partial charge in [-0.1, -0.05) is 20.3 Å². The zero-order valence-corrected chi connectivity index (χ0v) is 16.4. The predicted octanol–water partition coefficient (Wildman–Crippen LogP) is 4.68. The van der Waals surface area contributed by atoms with E-state index in [9.17, 15) is 0 Å². The van der Waals surface area contributed by atoms with E-state index in [1.54, 1.807) is 13.3 Å². The summed E-state index contributed by atoms with van der Waals surface area (Å²) in [5.74, 6) is 0.810. The molecule has 0 spiro atoms. The molecular weight excluding hydrogens is 334 g/mol. The highest BCUT2D eigenvalue weighted by atomic mass is 32.1. The molecule has 0 aromatic carbocycles. The number of thiophene rings is 1. The van der Waals surface area contributed by atoms with Crippen LogP contribution in [0.3, 0.4) is 0 Å². The van der Waals surface area contributed by atoms with Crippen LogP contribution in [0.15, 0.2) is 6.33 Å². The van der Waals surface area contributed by atoms with Gasteiger partial charge in [-0.3, -0.25) is 0 Å². The highest BCUT2D eigenvalue weighted by Crippen LogP contribution is 2.40. The Bertz CT molecular complexity index is 723. The van der Waals surface area contributed by atoms with Crippen LogP contribution in [-0.4, -0.2) is 29.3 Å². The Morgan fingerprint density at radius 2 is 2.12 bits per heavy atom. The van der Waals surface area contributed by atoms with Gasteiger partial charge in [0.15, 0.2) is 0 Å². The van der Waals surface area contributed by atoms with Gasteiger partial charge in [0.1, 0.15) is 23.4 Å². The third-order valence-corrected chi connectivity index (χ3v) is 5.55. The molecule has 0 fully saturated rings. The Balaban J connectivity index is 0.000000326. The smallest absolute Gasteiger partial charge is 0.225 e. The second-order valence-corrected chi connectivity index (χ2v) is 7.24. The average Bonchev–Trinajstić information content (AvgIpc) is 3.22. The zero-order valence-electron chi connectivity index (χ0n) is 15.5. The molecular formula is C19H27N3O2S. The van der Waals surface area contributed by atoms with Crippen molar-refractivity contribution < 1.29 is 9.47 Å². The lowest BCUT2D eigenvalue weighted by molar-refractivity contribution is 0.162. The highest BCUT2D eigenvalue weighted by molar-refractivity contribution is 7.18. The van der Waals surface area contributed by atoms with Crippen molar-refractivity contribution in [3.8, 4) is 11.9 Å². The standard InChI is InChI=1S/C15H20N2OS.C4H7NO/c1-3-6-10(4-2)18-14-13-11-7-5-8-12(11)19-15(13)17-9-16-14;1-4(3-5)6-2/h9-10H,3-8H2,1-2H3;4H,1-2H3. The van der Waals surface area contributed by atoms with Gasteiger partial charge in [-0.2, -0.15) is 5.26 Å². The first-order valence-corrected chi connectivity index (χ1v) is 9.80. The lowest BCUT2D eigenvalue weighted by atomic mass is 10.1. The van der Waals surface area contributed by atoms with Gasteiger partial charge in [0.2, 0.25) is 5.88 Å². The maximum absolute atomic E-state index is 7.96. The molecule has 1 aliphatic rings. The molecule has 2 unspecified atom stereocenters. The summed E-state index contributed by atoms with van der Waals surface area (Å²) in [5, 5.41) is 9.15. The molecule has 0 N–H and O–H groups in total. The molecule has 5 nitrogen and oxygen atoms in total. The number of hydrogen-bond acceptors (Lipinski definition) is 6. The third kappa shape index (κ3) is 4.90. The number of rotatable bonds is 6. The summed E-state index contributed by atoms with van der Waals surface area (Å²) in [7, 11) is 1.51. The van der Waals surface area contributed by atoms with Crippen molar-refractivity contribution in [2.45, 2.75) is 71.5 Å². The number of methoxy groups -OCH3 is 1. The van der Waals surface area contributed by atoms with Crippen molar-refractivity contribution in [3.05, 3.63) is 16.8 Å². The van der Waals surface area contributed by atoms with Crippen molar-refractivity contribution in [1.82, 2.24) is 9.97 Å². The van der Waals surface area contributed by atoms with Crippen LogP contribution in [-0.2, 0) is 17.6 Å². The van der Waals surface area contributed by atoms with Crippen LogP contribution in [0.25, 0.3) is 10.2 Å². The molecule has 0 amide bonds. The van der Waals surface area contributed by atoms with Gasteiger partial charge in [-0.25, -0.2) is 9.97 Å². The molecule has 2 aromatic heterocycles. The fourth-order valence-electron chi connectivity index (χ4n) is 2.87. The van der Waals surface area contributed by atoms with Gasteiger partial charge < -0.3 is 9.47 Å². The van der Waals surface area contributed by atoms with Crippen LogP contribution in [0.1, 0.15) is 56.9 Å². The zero-order chi connectivity index (χ0) is 18.2. The number of hydrogen-bond donors (Lipinski definition) is 0. The lowest BCUT2D eigenvalue weighted by Crippen LogP contribution is -2.15. The minimum Gasteiger partial charge on any atom is -0.474 e. The first-order valence-electron chi connectivity index (χ1n) is 8.98. The lowest BCUT2D eigenvalue weighted by Gasteiger charge is -2.16. The summed E-state index contributed by atoms with van der Waals surface area (Å²) in [6, 6.07) is 1.89. The Labute approximate surface area is 154 Å². The van der Waals surface area contributed by atoms with Gasteiger partial charge in [-0.15, -0.1) is 11.3 Å². The van der Waals surface area contributed by atoms with Crippen molar-refractivity contribution in [1.29, 1.82) is 5.26 Å². The molecule has 0 aliphatic heterocycles. The van der Waals surface area contributed by atoms with Crippen molar-refractivity contribution in [2.75, 3.05) is 7.11 Å². The monoisotopic (exact) mass is 361 g/mol. The number of nitrogens with zero attached hydrogens (tertiary/aromatic N) is 3. The summed E-state index contributed by atoms with van der Waals surface area (Å²) in [6.07, 6.45) is 8.55. The Hall–Kier alpha value is -1.71. The molecule has 2 heterocycles. The third-order valence-electron chi connectivity index (χ3n) is 4.35. The van der Waals surface area contributed by atoms with E-state index in [-0.39, 0.29) is 12.2 Å². The Morgan fingerprint density at radius 1 is 1.32 bits per heavy atom. The number of aromatic nitrogens is 2. The second kappa shape index (κ2) is 9.69. The van der Waals surface area contributed by atoms with E-state index >= 15 is 0 Å². The molecule has 2 atom stereocenters. The van der Waals surface area contributed by atoms with Gasteiger partial charge >= 0.3 is 0 Å². The SMILES string of the molecule is CCCC(CC)Oc1ncnc2sc3c(c12)CCC3.COC(C)C#N. The maximum atomic E-state index is 7.96. The minimum absolute atomic E-state index is 0.259. The van der Waals surface area contributed by atoms with Crippen molar-refractivity contribution in [3.63, 3.8) is 0 Å². The summed E-state index contributed by atoms with van der Waals surface area (Å²) in [6.45, 7) is 6.07. The summed E-state index contributed by atoms with van der Waals surface area (Å²) >= 11 is 1.82. The quantitative estimate of drug-likeness (QED) is 0.747. The molecule has 0 radical (unpaired) electrons. The molecule has 0 saturated carbocycles. The highest BCUT2D eigenvalue weighted by Gasteiger charge is 2.22. The predicted molar refractivity (Wildman–Crippen MR) is 101 cm³/mol. The van der Waals surface area contributed by atoms with E-state index in [0.717, 1.165) is 36.4 Å².